The maximum Gasteiger partial charge on any atom is 0.409 e. The first-order valence-electron chi connectivity index (χ1n) is 8.53. The zero-order valence-electron chi connectivity index (χ0n) is 15.5. The number of halogens is 3. The van der Waals surface area contributed by atoms with Crippen molar-refractivity contribution in [2.24, 2.45) is 0 Å². The van der Waals surface area contributed by atoms with E-state index in [1.165, 1.54) is 22.9 Å². The number of rotatable bonds is 2. The summed E-state index contributed by atoms with van der Waals surface area (Å²) in [7, 11) is 0. The van der Waals surface area contributed by atoms with Crippen LogP contribution in [0.2, 0.25) is 0 Å². The van der Waals surface area contributed by atoms with E-state index in [1.807, 2.05) is 20.8 Å². The molecule has 8 nitrogen and oxygen atoms in total. The molecule has 11 heteroatoms. The average Bonchev–Trinajstić information content (AvgIpc) is 2.96. The summed E-state index contributed by atoms with van der Waals surface area (Å²) < 4.78 is 42.4. The number of aromatic nitrogens is 4. The van der Waals surface area contributed by atoms with Crippen LogP contribution in [0.3, 0.4) is 0 Å². The Morgan fingerprint density at radius 3 is 2.57 bits per heavy atom. The molecule has 3 rings (SSSR count). The van der Waals surface area contributed by atoms with E-state index in [1.54, 1.807) is 6.07 Å². The van der Waals surface area contributed by atoms with Crippen LogP contribution in [0.5, 0.6) is 0 Å². The molecule has 28 heavy (non-hydrogen) atoms. The van der Waals surface area contributed by atoms with Crippen molar-refractivity contribution in [3.8, 4) is 0 Å². The highest BCUT2D eigenvalue weighted by Gasteiger charge is 2.49. The normalized spacial score (nSPS) is 17.7. The standard InChI is InChI=1S/C17H19F3N6O2/c1-16(2,3)15-22-23-24-25(15)9-14(28)26-11-7-5-4-6-10(11)21-13(27)8-12(26)17(18,19)20/h4-7,12H,8-9H2,1-3H3,(H,21,27)/t12-/m0/s1. The lowest BCUT2D eigenvalue weighted by Gasteiger charge is -2.31. The van der Waals surface area contributed by atoms with Crippen LogP contribution in [0.25, 0.3) is 0 Å². The minimum atomic E-state index is -4.79. The highest BCUT2D eigenvalue weighted by atomic mass is 19.4. The Kier molecular flexibility index (Phi) is 4.86. The van der Waals surface area contributed by atoms with Crippen molar-refractivity contribution >= 4 is 23.2 Å². The Hall–Kier alpha value is -2.98. The second kappa shape index (κ2) is 6.88. The third-order valence-corrected chi connectivity index (χ3v) is 4.26. The molecular formula is C17H19F3N6O2. The van der Waals surface area contributed by atoms with Crippen molar-refractivity contribution < 1.29 is 22.8 Å². The maximum atomic E-state index is 13.7. The lowest BCUT2D eigenvalue weighted by molar-refractivity contribution is -0.158. The number of carbonyl (C=O) groups excluding carboxylic acids is 2. The highest BCUT2D eigenvalue weighted by Crippen LogP contribution is 2.37. The smallest absolute Gasteiger partial charge is 0.324 e. The fraction of sp³-hybridized carbons (Fsp3) is 0.471. The van der Waals surface area contributed by atoms with Gasteiger partial charge in [-0.1, -0.05) is 32.9 Å². The second-order valence-electron chi connectivity index (χ2n) is 7.50. The molecule has 150 valence electrons. The number of alkyl halides is 3. The molecule has 2 aromatic rings. The molecular weight excluding hydrogens is 377 g/mol. The van der Waals surface area contributed by atoms with E-state index in [2.05, 4.69) is 20.8 Å². The number of benzene rings is 1. The Labute approximate surface area is 158 Å². The molecule has 0 saturated carbocycles. The number of tetrazole rings is 1. The number of hydrogen-bond acceptors (Lipinski definition) is 5. The Bertz CT molecular complexity index is 903. The Balaban J connectivity index is 2.04. The third-order valence-electron chi connectivity index (χ3n) is 4.26. The summed E-state index contributed by atoms with van der Waals surface area (Å²) in [5.41, 5.74) is -0.395. The summed E-state index contributed by atoms with van der Waals surface area (Å²) in [6.07, 6.45) is -5.69. The number of para-hydroxylation sites is 2. The minimum Gasteiger partial charge on any atom is -0.324 e. The van der Waals surface area contributed by atoms with Gasteiger partial charge in [0.1, 0.15) is 12.6 Å². The monoisotopic (exact) mass is 396 g/mol. The van der Waals surface area contributed by atoms with E-state index in [0.717, 1.165) is 0 Å². The van der Waals surface area contributed by atoms with E-state index in [9.17, 15) is 22.8 Å². The van der Waals surface area contributed by atoms with Crippen LogP contribution in [0, 0.1) is 0 Å². The molecule has 0 fully saturated rings. The zero-order chi connectivity index (χ0) is 20.7. The van der Waals surface area contributed by atoms with Gasteiger partial charge < -0.3 is 5.32 Å². The van der Waals surface area contributed by atoms with E-state index in [4.69, 9.17) is 0 Å². The fourth-order valence-electron chi connectivity index (χ4n) is 3.05. The van der Waals surface area contributed by atoms with Gasteiger partial charge in [0.2, 0.25) is 11.8 Å². The molecule has 1 aliphatic heterocycles. The van der Waals surface area contributed by atoms with Crippen molar-refractivity contribution in [3.05, 3.63) is 30.1 Å². The van der Waals surface area contributed by atoms with Crippen molar-refractivity contribution in [2.45, 2.75) is 51.4 Å². The van der Waals surface area contributed by atoms with Gasteiger partial charge in [-0.15, -0.1) is 5.10 Å². The molecule has 0 aliphatic carbocycles. The second-order valence-corrected chi connectivity index (χ2v) is 7.50. The van der Waals surface area contributed by atoms with E-state index < -0.39 is 42.4 Å². The lowest BCUT2D eigenvalue weighted by Crippen LogP contribution is -2.50. The molecule has 1 aromatic carbocycles. The molecule has 0 bridgehead atoms. The summed E-state index contributed by atoms with van der Waals surface area (Å²) in [6, 6.07) is 3.58. The maximum absolute atomic E-state index is 13.7. The summed E-state index contributed by atoms with van der Waals surface area (Å²) in [5.74, 6) is -1.33. The van der Waals surface area contributed by atoms with Gasteiger partial charge in [-0.05, 0) is 22.6 Å². The van der Waals surface area contributed by atoms with Crippen LogP contribution >= 0.6 is 0 Å². The number of nitrogens with one attached hydrogen (secondary N) is 1. The number of fused-ring (bicyclic) bond motifs is 1. The molecule has 0 spiro atoms. The number of hydrogen-bond donors (Lipinski definition) is 1. The first-order valence-corrected chi connectivity index (χ1v) is 8.53. The Morgan fingerprint density at radius 1 is 1.25 bits per heavy atom. The van der Waals surface area contributed by atoms with Gasteiger partial charge in [-0.25, -0.2) is 4.68 Å². The van der Waals surface area contributed by atoms with Gasteiger partial charge >= 0.3 is 6.18 Å². The van der Waals surface area contributed by atoms with Crippen LogP contribution in [-0.4, -0.2) is 44.2 Å². The van der Waals surface area contributed by atoms with Gasteiger partial charge in [0, 0.05) is 5.41 Å². The summed E-state index contributed by atoms with van der Waals surface area (Å²) in [4.78, 5) is 25.6. The minimum absolute atomic E-state index is 0.0222. The first-order chi connectivity index (χ1) is 13.0. The first kappa shape index (κ1) is 19.8. The topological polar surface area (TPSA) is 93.0 Å². The predicted molar refractivity (Wildman–Crippen MR) is 93.5 cm³/mol. The predicted octanol–water partition coefficient (Wildman–Crippen LogP) is 2.28. The lowest BCUT2D eigenvalue weighted by atomic mass is 9.96. The summed E-state index contributed by atoms with van der Waals surface area (Å²) in [6.45, 7) is 4.97. The van der Waals surface area contributed by atoms with Crippen LogP contribution < -0.4 is 10.2 Å². The van der Waals surface area contributed by atoms with Gasteiger partial charge in [0.15, 0.2) is 5.82 Å². The van der Waals surface area contributed by atoms with E-state index in [0.29, 0.717) is 10.7 Å². The number of anilines is 2. The largest absolute Gasteiger partial charge is 0.409 e. The van der Waals surface area contributed by atoms with Crippen molar-refractivity contribution in [1.82, 2.24) is 20.2 Å². The van der Waals surface area contributed by atoms with Gasteiger partial charge in [0.25, 0.3) is 0 Å². The van der Waals surface area contributed by atoms with Crippen LogP contribution in [0.4, 0.5) is 24.5 Å². The summed E-state index contributed by atoms with van der Waals surface area (Å²) >= 11 is 0. The van der Waals surface area contributed by atoms with Crippen molar-refractivity contribution in [1.29, 1.82) is 0 Å². The number of nitrogens with zero attached hydrogens (tertiary/aromatic N) is 5. The van der Waals surface area contributed by atoms with Crippen LogP contribution in [-0.2, 0) is 21.5 Å². The SMILES string of the molecule is CC(C)(C)c1nnnn1CC(=O)N1c2ccccc2NC(=O)C[C@H]1C(F)(F)F. The zero-order valence-corrected chi connectivity index (χ0v) is 15.5. The quantitative estimate of drug-likeness (QED) is 0.841. The molecule has 1 aliphatic rings. The molecule has 1 atom stereocenters. The van der Waals surface area contributed by atoms with E-state index in [-0.39, 0.29) is 11.4 Å². The molecule has 0 unspecified atom stereocenters. The number of amides is 2. The van der Waals surface area contributed by atoms with Gasteiger partial charge in [-0.3, -0.25) is 14.5 Å². The van der Waals surface area contributed by atoms with Crippen LogP contribution in [0.15, 0.2) is 24.3 Å². The van der Waals surface area contributed by atoms with Gasteiger partial charge in [0.05, 0.1) is 17.8 Å². The molecule has 2 amide bonds. The number of carbonyl (C=O) groups is 2. The third kappa shape index (κ3) is 3.82. The molecule has 1 aromatic heterocycles. The highest BCUT2D eigenvalue weighted by molar-refractivity contribution is 6.04. The molecule has 2 heterocycles. The van der Waals surface area contributed by atoms with Crippen molar-refractivity contribution in [2.75, 3.05) is 10.2 Å². The average molecular weight is 396 g/mol. The molecule has 1 N–H and O–H groups in total. The fourth-order valence-corrected chi connectivity index (χ4v) is 3.05. The Morgan fingerprint density at radius 2 is 1.93 bits per heavy atom. The van der Waals surface area contributed by atoms with Gasteiger partial charge in [-0.2, -0.15) is 13.2 Å². The van der Waals surface area contributed by atoms with Crippen molar-refractivity contribution in [3.63, 3.8) is 0 Å². The van der Waals surface area contributed by atoms with Crippen LogP contribution in [0.1, 0.15) is 33.0 Å². The molecule has 0 saturated heterocycles. The van der Waals surface area contributed by atoms with E-state index >= 15 is 0 Å². The molecule has 0 radical (unpaired) electrons. The summed E-state index contributed by atoms with van der Waals surface area (Å²) in [5, 5.41) is 13.6.